The Morgan fingerprint density at radius 1 is 1.33 bits per heavy atom. The Morgan fingerprint density at radius 3 is 2.94 bits per heavy atom. The van der Waals surface area contributed by atoms with Crippen molar-refractivity contribution in [2.24, 2.45) is 0 Å². The van der Waals surface area contributed by atoms with Gasteiger partial charge in [0.25, 0.3) is 5.91 Å². The molecule has 0 bridgehead atoms. The van der Waals surface area contributed by atoms with Crippen LogP contribution in [0.15, 0.2) is 42.9 Å². The van der Waals surface area contributed by atoms with Crippen LogP contribution in [0.1, 0.15) is 16.1 Å². The first-order valence-electron chi connectivity index (χ1n) is 5.54. The maximum atomic E-state index is 11.7. The van der Waals surface area contributed by atoms with Crippen LogP contribution in [-0.2, 0) is 6.42 Å². The number of nitrogens with one attached hydrogen (secondary N) is 1. The molecule has 0 aliphatic rings. The van der Waals surface area contributed by atoms with Crippen molar-refractivity contribution in [3.05, 3.63) is 59.1 Å². The van der Waals surface area contributed by atoms with Gasteiger partial charge in [-0.05, 0) is 30.2 Å². The number of hydrogen-bond acceptors (Lipinski definition) is 3. The van der Waals surface area contributed by atoms with E-state index in [1.807, 2.05) is 12.1 Å². The summed E-state index contributed by atoms with van der Waals surface area (Å²) in [5, 5.41) is 3.29. The molecule has 4 nitrogen and oxygen atoms in total. The van der Waals surface area contributed by atoms with Gasteiger partial charge in [-0.15, -0.1) is 0 Å². The van der Waals surface area contributed by atoms with Gasteiger partial charge in [0.1, 0.15) is 5.69 Å². The second-order valence-corrected chi connectivity index (χ2v) is 4.16. The maximum absolute atomic E-state index is 11.7. The molecule has 2 rings (SSSR count). The number of aromatic nitrogens is 2. The van der Waals surface area contributed by atoms with Gasteiger partial charge >= 0.3 is 0 Å². The fourth-order valence-corrected chi connectivity index (χ4v) is 1.65. The van der Waals surface area contributed by atoms with Crippen LogP contribution in [0.4, 0.5) is 0 Å². The van der Waals surface area contributed by atoms with E-state index in [2.05, 4.69) is 15.3 Å². The molecule has 0 atom stereocenters. The van der Waals surface area contributed by atoms with Gasteiger partial charge in [-0.3, -0.25) is 14.8 Å². The number of halogens is 1. The van der Waals surface area contributed by atoms with Crippen LogP contribution >= 0.6 is 11.6 Å². The molecule has 2 aromatic rings. The smallest absolute Gasteiger partial charge is 0.269 e. The first-order valence-corrected chi connectivity index (χ1v) is 5.92. The Kier molecular flexibility index (Phi) is 4.25. The van der Waals surface area contributed by atoms with Gasteiger partial charge in [0.05, 0.1) is 0 Å². The van der Waals surface area contributed by atoms with Crippen molar-refractivity contribution in [1.82, 2.24) is 15.3 Å². The summed E-state index contributed by atoms with van der Waals surface area (Å²) < 4.78 is 0. The molecule has 0 aromatic carbocycles. The van der Waals surface area contributed by atoms with Crippen LogP contribution in [-0.4, -0.2) is 22.4 Å². The molecule has 18 heavy (non-hydrogen) atoms. The number of carbonyl (C=O) groups excluding carboxylic acids is 1. The molecule has 92 valence electrons. The van der Waals surface area contributed by atoms with Crippen LogP contribution in [0, 0.1) is 0 Å². The topological polar surface area (TPSA) is 54.9 Å². The van der Waals surface area contributed by atoms with E-state index in [1.54, 1.807) is 24.5 Å². The number of amides is 1. The van der Waals surface area contributed by atoms with Crippen LogP contribution in [0.3, 0.4) is 0 Å². The van der Waals surface area contributed by atoms with Gasteiger partial charge < -0.3 is 5.32 Å². The molecular weight excluding hydrogens is 250 g/mol. The Bertz CT molecular complexity index is 531. The summed E-state index contributed by atoms with van der Waals surface area (Å²) >= 11 is 5.79. The van der Waals surface area contributed by atoms with E-state index < -0.39 is 0 Å². The minimum Gasteiger partial charge on any atom is -0.350 e. The lowest BCUT2D eigenvalue weighted by molar-refractivity contribution is 0.0949. The second-order valence-electron chi connectivity index (χ2n) is 3.73. The first kappa shape index (κ1) is 12.5. The summed E-state index contributed by atoms with van der Waals surface area (Å²) in [5.41, 5.74) is 1.41. The minimum atomic E-state index is -0.221. The van der Waals surface area contributed by atoms with Gasteiger partial charge in [-0.1, -0.05) is 17.7 Å². The highest BCUT2D eigenvalue weighted by Crippen LogP contribution is 2.07. The SMILES string of the molecule is O=C(NCCc1cccnc1)c1cc(Cl)ccn1. The molecule has 0 saturated carbocycles. The molecule has 0 radical (unpaired) electrons. The fraction of sp³-hybridized carbons (Fsp3) is 0.154. The third kappa shape index (κ3) is 3.53. The average molecular weight is 262 g/mol. The van der Waals surface area contributed by atoms with E-state index in [1.165, 1.54) is 6.20 Å². The van der Waals surface area contributed by atoms with Crippen molar-refractivity contribution < 1.29 is 4.79 Å². The highest BCUT2D eigenvalue weighted by atomic mass is 35.5. The van der Waals surface area contributed by atoms with Crippen LogP contribution in [0.5, 0.6) is 0 Å². The Labute approximate surface area is 110 Å². The van der Waals surface area contributed by atoms with Crippen molar-refractivity contribution in [2.75, 3.05) is 6.54 Å². The first-order chi connectivity index (χ1) is 8.75. The van der Waals surface area contributed by atoms with E-state index in [0.717, 1.165) is 12.0 Å². The van der Waals surface area contributed by atoms with Crippen LogP contribution in [0.2, 0.25) is 5.02 Å². The lowest BCUT2D eigenvalue weighted by atomic mass is 10.2. The molecule has 0 aliphatic carbocycles. The van der Waals surface area contributed by atoms with Crippen molar-refractivity contribution in [3.63, 3.8) is 0 Å². The fourth-order valence-electron chi connectivity index (χ4n) is 1.49. The molecule has 1 N–H and O–H groups in total. The van der Waals surface area contributed by atoms with E-state index in [0.29, 0.717) is 17.3 Å². The maximum Gasteiger partial charge on any atom is 0.269 e. The minimum absolute atomic E-state index is 0.221. The average Bonchev–Trinajstić information content (AvgIpc) is 2.40. The summed E-state index contributed by atoms with van der Waals surface area (Å²) in [6, 6.07) is 7.02. The molecular formula is C13H12ClN3O. The highest BCUT2D eigenvalue weighted by molar-refractivity contribution is 6.30. The molecule has 0 saturated heterocycles. The van der Waals surface area contributed by atoms with E-state index >= 15 is 0 Å². The van der Waals surface area contributed by atoms with Gasteiger partial charge in [0, 0.05) is 30.2 Å². The number of nitrogens with zero attached hydrogens (tertiary/aromatic N) is 2. The van der Waals surface area contributed by atoms with Gasteiger partial charge in [0.15, 0.2) is 0 Å². The van der Waals surface area contributed by atoms with E-state index in [4.69, 9.17) is 11.6 Å². The van der Waals surface area contributed by atoms with Crippen LogP contribution in [0.25, 0.3) is 0 Å². The van der Waals surface area contributed by atoms with Gasteiger partial charge in [-0.25, -0.2) is 0 Å². The Balaban J connectivity index is 1.86. The standard InChI is InChI=1S/C13H12ClN3O/c14-11-4-7-16-12(8-11)13(18)17-6-3-10-2-1-5-15-9-10/h1-2,4-5,7-9H,3,6H2,(H,17,18). The number of rotatable bonds is 4. The molecule has 0 fully saturated rings. The third-order valence-corrected chi connectivity index (χ3v) is 2.61. The molecule has 0 spiro atoms. The summed E-state index contributed by atoms with van der Waals surface area (Å²) in [7, 11) is 0. The third-order valence-electron chi connectivity index (χ3n) is 2.38. The normalized spacial score (nSPS) is 10.1. The quantitative estimate of drug-likeness (QED) is 0.917. The zero-order valence-corrected chi connectivity index (χ0v) is 10.4. The predicted molar refractivity (Wildman–Crippen MR) is 69.5 cm³/mol. The van der Waals surface area contributed by atoms with Crippen molar-refractivity contribution in [2.45, 2.75) is 6.42 Å². The van der Waals surface area contributed by atoms with Crippen molar-refractivity contribution >= 4 is 17.5 Å². The predicted octanol–water partition coefficient (Wildman–Crippen LogP) is 2.10. The molecule has 0 aliphatic heterocycles. The van der Waals surface area contributed by atoms with Gasteiger partial charge in [-0.2, -0.15) is 0 Å². The van der Waals surface area contributed by atoms with E-state index in [9.17, 15) is 4.79 Å². The summed E-state index contributed by atoms with van der Waals surface area (Å²) in [5.74, 6) is -0.221. The van der Waals surface area contributed by atoms with Gasteiger partial charge in [0.2, 0.25) is 0 Å². The number of carbonyl (C=O) groups is 1. The molecule has 2 aromatic heterocycles. The van der Waals surface area contributed by atoms with Crippen molar-refractivity contribution in [3.8, 4) is 0 Å². The lowest BCUT2D eigenvalue weighted by Crippen LogP contribution is -2.26. The highest BCUT2D eigenvalue weighted by Gasteiger charge is 2.06. The molecule has 5 heteroatoms. The van der Waals surface area contributed by atoms with E-state index in [-0.39, 0.29) is 5.91 Å². The lowest BCUT2D eigenvalue weighted by Gasteiger charge is -2.04. The summed E-state index contributed by atoms with van der Waals surface area (Å²) in [6.45, 7) is 0.540. The second kappa shape index (κ2) is 6.12. The Hall–Kier alpha value is -1.94. The zero-order chi connectivity index (χ0) is 12.8. The summed E-state index contributed by atoms with van der Waals surface area (Å²) in [4.78, 5) is 19.7. The van der Waals surface area contributed by atoms with Crippen molar-refractivity contribution in [1.29, 1.82) is 0 Å². The largest absolute Gasteiger partial charge is 0.350 e. The summed E-state index contributed by atoms with van der Waals surface area (Å²) in [6.07, 6.45) is 5.75. The zero-order valence-electron chi connectivity index (χ0n) is 9.64. The number of pyridine rings is 2. The van der Waals surface area contributed by atoms with Crippen LogP contribution < -0.4 is 5.32 Å². The molecule has 2 heterocycles. The molecule has 0 unspecified atom stereocenters. The number of hydrogen-bond donors (Lipinski definition) is 1. The monoisotopic (exact) mass is 261 g/mol. The Morgan fingerprint density at radius 2 is 2.22 bits per heavy atom. The molecule has 1 amide bonds.